The maximum Gasteiger partial charge on any atom is 0.220 e. The molecule has 0 bridgehead atoms. The van der Waals surface area contributed by atoms with Gasteiger partial charge in [-0.2, -0.15) is 0 Å². The van der Waals surface area contributed by atoms with Crippen molar-refractivity contribution in [3.8, 4) is 11.5 Å². The number of hydrogen-bond acceptors (Lipinski definition) is 3. The van der Waals surface area contributed by atoms with Crippen LogP contribution in [-0.2, 0) is 11.2 Å². The minimum absolute atomic E-state index is 0.0209. The van der Waals surface area contributed by atoms with Crippen molar-refractivity contribution in [1.82, 2.24) is 5.32 Å². The van der Waals surface area contributed by atoms with Crippen molar-refractivity contribution in [2.75, 3.05) is 13.2 Å². The van der Waals surface area contributed by atoms with Crippen molar-refractivity contribution < 1.29 is 14.3 Å². The lowest BCUT2D eigenvalue weighted by molar-refractivity contribution is -0.121. The van der Waals surface area contributed by atoms with Gasteiger partial charge in [-0.3, -0.25) is 4.79 Å². The summed E-state index contributed by atoms with van der Waals surface area (Å²) in [6.45, 7) is 0.859. The number of carbonyl (C=O) groups is 1. The lowest BCUT2D eigenvalue weighted by Crippen LogP contribution is -2.40. The highest BCUT2D eigenvalue weighted by Crippen LogP contribution is 2.30. The van der Waals surface area contributed by atoms with Crippen LogP contribution in [0.4, 0.5) is 0 Å². The summed E-state index contributed by atoms with van der Waals surface area (Å²) in [5.74, 6) is 1.44. The normalized spacial score (nSPS) is 16.0. The van der Waals surface area contributed by atoms with Crippen LogP contribution in [0.2, 0.25) is 5.02 Å². The number of rotatable bonds is 5. The number of amides is 1. The Balaban J connectivity index is 1.44. The zero-order chi connectivity index (χ0) is 16.1. The molecule has 120 valence electrons. The molecule has 4 nitrogen and oxygen atoms in total. The number of carbonyl (C=O) groups excluding carboxylic acids is 1. The Morgan fingerprint density at radius 1 is 1.13 bits per heavy atom. The van der Waals surface area contributed by atoms with Gasteiger partial charge in [0.1, 0.15) is 12.7 Å². The molecule has 1 N–H and O–H groups in total. The van der Waals surface area contributed by atoms with Crippen LogP contribution >= 0.6 is 11.6 Å². The van der Waals surface area contributed by atoms with Gasteiger partial charge in [0.15, 0.2) is 11.5 Å². The third-order valence-electron chi connectivity index (χ3n) is 3.67. The van der Waals surface area contributed by atoms with E-state index in [1.54, 1.807) is 0 Å². The second-order valence-electron chi connectivity index (χ2n) is 5.39. The fourth-order valence-corrected chi connectivity index (χ4v) is 2.66. The van der Waals surface area contributed by atoms with Crippen molar-refractivity contribution in [1.29, 1.82) is 0 Å². The predicted octanol–water partition coefficient (Wildman–Crippen LogP) is 3.23. The SMILES string of the molecule is O=C(CCc1ccccc1Cl)NCC1COc2ccccc2O1. The van der Waals surface area contributed by atoms with Crippen LogP contribution < -0.4 is 14.8 Å². The Hall–Kier alpha value is -2.20. The monoisotopic (exact) mass is 331 g/mol. The standard InChI is InChI=1S/C18H18ClNO3/c19-15-6-2-1-5-13(15)9-10-18(21)20-11-14-12-22-16-7-3-4-8-17(16)23-14/h1-8,14H,9-12H2,(H,20,21). The third kappa shape index (κ3) is 4.17. The predicted molar refractivity (Wildman–Crippen MR) is 89.1 cm³/mol. The van der Waals surface area contributed by atoms with Crippen LogP contribution in [0.5, 0.6) is 11.5 Å². The number of fused-ring (bicyclic) bond motifs is 1. The largest absolute Gasteiger partial charge is 0.486 e. The molecule has 1 amide bonds. The van der Waals surface area contributed by atoms with Crippen LogP contribution in [0.3, 0.4) is 0 Å². The van der Waals surface area contributed by atoms with E-state index >= 15 is 0 Å². The van der Waals surface area contributed by atoms with Gasteiger partial charge in [0.05, 0.1) is 6.54 Å². The molecular weight excluding hydrogens is 314 g/mol. The molecule has 3 rings (SSSR count). The van der Waals surface area contributed by atoms with Crippen molar-refractivity contribution in [3.63, 3.8) is 0 Å². The smallest absolute Gasteiger partial charge is 0.220 e. The van der Waals surface area contributed by atoms with E-state index < -0.39 is 0 Å². The second kappa shape index (κ2) is 7.38. The number of aryl methyl sites for hydroxylation is 1. The minimum Gasteiger partial charge on any atom is -0.486 e. The summed E-state index contributed by atoms with van der Waals surface area (Å²) in [5, 5.41) is 3.58. The van der Waals surface area contributed by atoms with Gasteiger partial charge >= 0.3 is 0 Å². The molecule has 1 unspecified atom stereocenters. The Labute approximate surface area is 140 Å². The summed E-state index contributed by atoms with van der Waals surface area (Å²) in [5.41, 5.74) is 0.982. The molecule has 1 atom stereocenters. The van der Waals surface area contributed by atoms with E-state index in [4.69, 9.17) is 21.1 Å². The van der Waals surface area contributed by atoms with Crippen molar-refractivity contribution >= 4 is 17.5 Å². The van der Waals surface area contributed by atoms with Crippen molar-refractivity contribution in [2.24, 2.45) is 0 Å². The Morgan fingerprint density at radius 2 is 1.87 bits per heavy atom. The molecule has 5 heteroatoms. The molecule has 0 saturated heterocycles. The van der Waals surface area contributed by atoms with E-state index in [1.165, 1.54) is 0 Å². The quantitative estimate of drug-likeness (QED) is 0.915. The highest BCUT2D eigenvalue weighted by molar-refractivity contribution is 6.31. The first-order valence-corrected chi connectivity index (χ1v) is 7.99. The summed E-state index contributed by atoms with van der Waals surface area (Å²) in [7, 11) is 0. The fourth-order valence-electron chi connectivity index (χ4n) is 2.43. The van der Waals surface area contributed by atoms with Crippen LogP contribution in [-0.4, -0.2) is 25.2 Å². The van der Waals surface area contributed by atoms with Crippen LogP contribution in [0.15, 0.2) is 48.5 Å². The first kappa shape index (κ1) is 15.7. The number of benzene rings is 2. The molecule has 0 spiro atoms. The molecular formula is C18H18ClNO3. The number of ether oxygens (including phenoxy) is 2. The topological polar surface area (TPSA) is 47.6 Å². The summed E-state index contributed by atoms with van der Waals surface area (Å²) in [6, 6.07) is 15.1. The maximum atomic E-state index is 12.0. The molecule has 2 aromatic carbocycles. The summed E-state index contributed by atoms with van der Waals surface area (Å²) in [4.78, 5) is 12.0. The minimum atomic E-state index is -0.172. The van der Waals surface area contributed by atoms with Gasteiger partial charge in [0.2, 0.25) is 5.91 Å². The zero-order valence-electron chi connectivity index (χ0n) is 12.6. The van der Waals surface area contributed by atoms with E-state index in [-0.39, 0.29) is 12.0 Å². The Bertz CT molecular complexity index is 689. The summed E-state index contributed by atoms with van der Waals surface area (Å²) in [6.07, 6.45) is 0.846. The first-order valence-electron chi connectivity index (χ1n) is 7.61. The molecule has 0 aliphatic carbocycles. The van der Waals surface area contributed by atoms with E-state index in [1.807, 2.05) is 48.5 Å². The molecule has 1 heterocycles. The molecule has 0 fully saturated rings. The highest BCUT2D eigenvalue weighted by Gasteiger charge is 2.20. The molecule has 0 radical (unpaired) electrons. The molecule has 2 aromatic rings. The van der Waals surface area contributed by atoms with E-state index in [9.17, 15) is 4.79 Å². The summed E-state index contributed by atoms with van der Waals surface area (Å²) >= 11 is 6.09. The highest BCUT2D eigenvalue weighted by atomic mass is 35.5. The Morgan fingerprint density at radius 3 is 2.70 bits per heavy atom. The summed E-state index contributed by atoms with van der Waals surface area (Å²) < 4.78 is 11.4. The molecule has 0 saturated carbocycles. The van der Waals surface area contributed by atoms with Gasteiger partial charge < -0.3 is 14.8 Å². The maximum absolute atomic E-state index is 12.0. The van der Waals surface area contributed by atoms with Crippen LogP contribution in [0, 0.1) is 0 Å². The van der Waals surface area contributed by atoms with Gasteiger partial charge in [0, 0.05) is 11.4 Å². The zero-order valence-corrected chi connectivity index (χ0v) is 13.4. The first-order chi connectivity index (χ1) is 11.2. The van der Waals surface area contributed by atoms with E-state index in [0.717, 1.165) is 11.3 Å². The third-order valence-corrected chi connectivity index (χ3v) is 4.04. The number of halogens is 1. The molecule has 23 heavy (non-hydrogen) atoms. The fraction of sp³-hybridized carbons (Fsp3) is 0.278. The van der Waals surface area contributed by atoms with Gasteiger partial charge in [-0.1, -0.05) is 41.9 Å². The van der Waals surface area contributed by atoms with E-state index in [0.29, 0.717) is 36.8 Å². The molecule has 1 aliphatic rings. The lowest BCUT2D eigenvalue weighted by atomic mass is 10.1. The van der Waals surface area contributed by atoms with Gasteiger partial charge in [-0.25, -0.2) is 0 Å². The molecule has 0 aromatic heterocycles. The van der Waals surface area contributed by atoms with Crippen LogP contribution in [0.25, 0.3) is 0 Å². The van der Waals surface area contributed by atoms with Crippen LogP contribution in [0.1, 0.15) is 12.0 Å². The van der Waals surface area contributed by atoms with Gasteiger partial charge in [-0.15, -0.1) is 0 Å². The average Bonchev–Trinajstić information content (AvgIpc) is 2.59. The number of hydrogen-bond donors (Lipinski definition) is 1. The van der Waals surface area contributed by atoms with Crippen molar-refractivity contribution in [3.05, 3.63) is 59.1 Å². The number of para-hydroxylation sites is 2. The van der Waals surface area contributed by atoms with Gasteiger partial charge in [-0.05, 0) is 30.2 Å². The van der Waals surface area contributed by atoms with E-state index in [2.05, 4.69) is 5.32 Å². The second-order valence-corrected chi connectivity index (χ2v) is 5.80. The Kier molecular flexibility index (Phi) is 5.03. The lowest BCUT2D eigenvalue weighted by Gasteiger charge is -2.26. The number of nitrogens with one attached hydrogen (secondary N) is 1. The van der Waals surface area contributed by atoms with Gasteiger partial charge in [0.25, 0.3) is 0 Å². The average molecular weight is 332 g/mol. The van der Waals surface area contributed by atoms with Crippen molar-refractivity contribution in [2.45, 2.75) is 18.9 Å². The molecule has 1 aliphatic heterocycles.